The minimum Gasteiger partial charge on any atom is -0.317 e. The first kappa shape index (κ1) is 13.5. The van der Waals surface area contributed by atoms with Gasteiger partial charge in [0.2, 0.25) is 5.91 Å². The summed E-state index contributed by atoms with van der Waals surface area (Å²) in [4.78, 5) is 23.6. The van der Waals surface area contributed by atoms with E-state index < -0.39 is 0 Å². The molecule has 2 rings (SSSR count). The maximum atomic E-state index is 11.9. The number of Topliss-reactive ketones (excluding diaryl/α,β-unsaturated/α-hetero) is 1. The Hall–Kier alpha value is -1.94. The maximum Gasteiger partial charge on any atom is 0.229 e. The number of benzene rings is 1. The number of carbonyl (C=O) groups is 2. The Morgan fingerprint density at radius 2 is 1.89 bits per heavy atom. The van der Waals surface area contributed by atoms with Gasteiger partial charge in [0.05, 0.1) is 12.0 Å². The van der Waals surface area contributed by atoms with Gasteiger partial charge >= 0.3 is 0 Å². The molecule has 19 heavy (non-hydrogen) atoms. The normalized spacial score (nSPS) is 10.2. The molecule has 98 valence electrons. The maximum absolute atomic E-state index is 11.9. The molecule has 1 N–H and O–H groups in total. The quantitative estimate of drug-likeness (QED) is 0.847. The summed E-state index contributed by atoms with van der Waals surface area (Å²) in [5.74, 6) is -0.0462. The zero-order valence-electron chi connectivity index (χ0n) is 10.7. The van der Waals surface area contributed by atoms with Crippen molar-refractivity contribution in [3.63, 3.8) is 0 Å². The van der Waals surface area contributed by atoms with E-state index in [2.05, 4.69) is 5.32 Å². The molecule has 4 heteroatoms. The molecule has 2 aromatic rings. The topological polar surface area (TPSA) is 46.2 Å². The molecule has 0 saturated heterocycles. The number of anilines is 1. The van der Waals surface area contributed by atoms with Gasteiger partial charge < -0.3 is 5.32 Å². The van der Waals surface area contributed by atoms with Crippen molar-refractivity contribution in [3.05, 3.63) is 52.9 Å². The summed E-state index contributed by atoms with van der Waals surface area (Å²) >= 11 is 1.38. The van der Waals surface area contributed by atoms with Crippen LogP contribution in [0.1, 0.15) is 29.3 Å². The van der Waals surface area contributed by atoms with Crippen molar-refractivity contribution in [1.29, 1.82) is 0 Å². The first-order valence-corrected chi connectivity index (χ1v) is 7.03. The fourth-order valence-electron chi connectivity index (χ4n) is 1.77. The van der Waals surface area contributed by atoms with Crippen LogP contribution in [0.3, 0.4) is 0 Å². The highest BCUT2D eigenvalue weighted by Gasteiger charge is 2.13. The lowest BCUT2D eigenvalue weighted by Gasteiger charge is -2.05. The van der Waals surface area contributed by atoms with E-state index in [1.807, 2.05) is 42.6 Å². The standard InChI is InChI=1S/C15H15NO2S/c1-2-13(17)12-8-9-19-15(12)16-14(18)10-11-6-4-3-5-7-11/h3-9H,2,10H2,1H3,(H,16,18). The lowest BCUT2D eigenvalue weighted by Crippen LogP contribution is -2.15. The molecule has 1 aromatic heterocycles. The molecule has 0 atom stereocenters. The summed E-state index contributed by atoms with van der Waals surface area (Å²) in [6.45, 7) is 1.82. The lowest BCUT2D eigenvalue weighted by molar-refractivity contribution is -0.115. The second kappa shape index (κ2) is 6.29. The van der Waals surface area contributed by atoms with Gasteiger partial charge in [-0.05, 0) is 17.0 Å². The SMILES string of the molecule is CCC(=O)c1ccsc1NC(=O)Cc1ccccc1. The molecule has 0 bridgehead atoms. The molecule has 1 aromatic carbocycles. The van der Waals surface area contributed by atoms with Crippen LogP contribution in [0.15, 0.2) is 41.8 Å². The van der Waals surface area contributed by atoms with Crippen LogP contribution in [0.25, 0.3) is 0 Å². The molecule has 1 amide bonds. The summed E-state index contributed by atoms with van der Waals surface area (Å²) in [7, 11) is 0. The zero-order valence-corrected chi connectivity index (χ0v) is 11.5. The summed E-state index contributed by atoms with van der Waals surface area (Å²) in [6, 6.07) is 11.3. The number of hydrogen-bond donors (Lipinski definition) is 1. The van der Waals surface area contributed by atoms with Crippen molar-refractivity contribution in [2.75, 3.05) is 5.32 Å². The van der Waals surface area contributed by atoms with Gasteiger partial charge in [-0.2, -0.15) is 0 Å². The first-order chi connectivity index (χ1) is 9.20. The van der Waals surface area contributed by atoms with Crippen LogP contribution in [0.2, 0.25) is 0 Å². The molecular formula is C15H15NO2S. The second-order valence-corrected chi connectivity index (χ2v) is 5.07. The number of thiophene rings is 1. The highest BCUT2D eigenvalue weighted by molar-refractivity contribution is 7.14. The average Bonchev–Trinajstić information content (AvgIpc) is 2.87. The fraction of sp³-hybridized carbons (Fsp3) is 0.200. The second-order valence-electron chi connectivity index (χ2n) is 4.15. The van der Waals surface area contributed by atoms with E-state index >= 15 is 0 Å². The Balaban J connectivity index is 2.04. The molecule has 0 aliphatic rings. The third kappa shape index (κ3) is 3.51. The predicted molar refractivity (Wildman–Crippen MR) is 77.7 cm³/mol. The minimum atomic E-state index is -0.0983. The molecule has 0 aliphatic carbocycles. The van der Waals surface area contributed by atoms with Crippen molar-refractivity contribution >= 4 is 28.0 Å². The number of carbonyl (C=O) groups excluding carboxylic acids is 2. The van der Waals surface area contributed by atoms with Gasteiger partial charge in [0, 0.05) is 6.42 Å². The summed E-state index contributed by atoms with van der Waals surface area (Å²) in [5, 5.41) is 5.28. The molecule has 3 nitrogen and oxygen atoms in total. The monoisotopic (exact) mass is 273 g/mol. The summed E-state index contributed by atoms with van der Waals surface area (Å²) in [6.07, 6.45) is 0.761. The number of hydrogen-bond acceptors (Lipinski definition) is 3. The van der Waals surface area contributed by atoms with Gasteiger partial charge in [-0.25, -0.2) is 0 Å². The summed E-state index contributed by atoms with van der Waals surface area (Å²) < 4.78 is 0. The molecule has 0 aliphatic heterocycles. The molecule has 1 heterocycles. The Morgan fingerprint density at radius 3 is 2.58 bits per heavy atom. The highest BCUT2D eigenvalue weighted by atomic mass is 32.1. The van der Waals surface area contributed by atoms with Crippen molar-refractivity contribution in [2.24, 2.45) is 0 Å². The lowest BCUT2D eigenvalue weighted by atomic mass is 10.1. The van der Waals surface area contributed by atoms with Crippen molar-refractivity contribution in [1.82, 2.24) is 0 Å². The van der Waals surface area contributed by atoms with Crippen molar-refractivity contribution in [2.45, 2.75) is 19.8 Å². The Bertz CT molecular complexity index is 575. The Kier molecular flexibility index (Phi) is 4.47. The van der Waals surface area contributed by atoms with Crippen LogP contribution in [0, 0.1) is 0 Å². The molecule has 0 saturated carbocycles. The number of ketones is 1. The molecular weight excluding hydrogens is 258 g/mol. The number of nitrogens with one attached hydrogen (secondary N) is 1. The van der Waals surface area contributed by atoms with Gasteiger partial charge in [-0.15, -0.1) is 11.3 Å². The molecule has 0 radical (unpaired) electrons. The number of amides is 1. The highest BCUT2D eigenvalue weighted by Crippen LogP contribution is 2.24. The third-order valence-corrected chi connectivity index (χ3v) is 3.58. The van der Waals surface area contributed by atoms with Crippen LogP contribution in [-0.2, 0) is 11.2 Å². The zero-order chi connectivity index (χ0) is 13.7. The van der Waals surface area contributed by atoms with Gasteiger partial charge in [-0.3, -0.25) is 9.59 Å². The predicted octanol–water partition coefficient (Wildman–Crippen LogP) is 3.52. The van der Waals surface area contributed by atoms with E-state index in [1.54, 1.807) is 6.07 Å². The summed E-state index contributed by atoms with van der Waals surface area (Å²) in [5.41, 5.74) is 1.56. The van der Waals surface area contributed by atoms with Gasteiger partial charge in [-0.1, -0.05) is 37.3 Å². The van der Waals surface area contributed by atoms with E-state index in [9.17, 15) is 9.59 Å². The molecule has 0 fully saturated rings. The molecule has 0 unspecified atom stereocenters. The minimum absolute atomic E-state index is 0.0521. The van der Waals surface area contributed by atoms with E-state index in [1.165, 1.54) is 11.3 Å². The molecule has 0 spiro atoms. The van der Waals surface area contributed by atoms with Crippen LogP contribution < -0.4 is 5.32 Å². The largest absolute Gasteiger partial charge is 0.317 e. The average molecular weight is 273 g/mol. The van der Waals surface area contributed by atoms with E-state index in [4.69, 9.17) is 0 Å². The van der Waals surface area contributed by atoms with Crippen LogP contribution in [0.5, 0.6) is 0 Å². The fourth-order valence-corrected chi connectivity index (χ4v) is 2.59. The van der Waals surface area contributed by atoms with Crippen molar-refractivity contribution < 1.29 is 9.59 Å². The van der Waals surface area contributed by atoms with Crippen LogP contribution in [-0.4, -0.2) is 11.7 Å². The van der Waals surface area contributed by atoms with Crippen LogP contribution >= 0.6 is 11.3 Å². The smallest absolute Gasteiger partial charge is 0.229 e. The van der Waals surface area contributed by atoms with E-state index in [-0.39, 0.29) is 11.7 Å². The van der Waals surface area contributed by atoms with Gasteiger partial charge in [0.25, 0.3) is 0 Å². The van der Waals surface area contributed by atoms with E-state index in [0.717, 1.165) is 5.56 Å². The Morgan fingerprint density at radius 1 is 1.16 bits per heavy atom. The van der Waals surface area contributed by atoms with E-state index in [0.29, 0.717) is 23.4 Å². The Labute approximate surface area is 116 Å². The van der Waals surface area contributed by atoms with Gasteiger partial charge in [0.15, 0.2) is 5.78 Å². The third-order valence-electron chi connectivity index (χ3n) is 2.75. The first-order valence-electron chi connectivity index (χ1n) is 6.15. The van der Waals surface area contributed by atoms with Gasteiger partial charge in [0.1, 0.15) is 5.00 Å². The number of rotatable bonds is 5. The van der Waals surface area contributed by atoms with Crippen LogP contribution in [0.4, 0.5) is 5.00 Å². The van der Waals surface area contributed by atoms with Crippen molar-refractivity contribution in [3.8, 4) is 0 Å².